The van der Waals surface area contributed by atoms with Gasteiger partial charge >= 0.3 is 0 Å². The van der Waals surface area contributed by atoms with Gasteiger partial charge in [-0.2, -0.15) is 0 Å². The van der Waals surface area contributed by atoms with Crippen LogP contribution in [0.3, 0.4) is 0 Å². The number of para-hydroxylation sites is 1. The van der Waals surface area contributed by atoms with Crippen molar-refractivity contribution in [2.45, 2.75) is 0 Å². The molecule has 2 aromatic heterocycles. The first-order chi connectivity index (χ1) is 14.8. The van der Waals surface area contributed by atoms with Crippen molar-refractivity contribution in [1.29, 1.82) is 0 Å². The highest BCUT2D eigenvalue weighted by atomic mass is 79.9. The molecule has 0 aliphatic heterocycles. The van der Waals surface area contributed by atoms with E-state index in [9.17, 15) is 0 Å². The Balaban J connectivity index is 1.81. The normalized spacial score (nSPS) is 11.5. The van der Waals surface area contributed by atoms with E-state index in [2.05, 4.69) is 112 Å². The van der Waals surface area contributed by atoms with E-state index in [1.807, 2.05) is 6.20 Å². The number of pyridine rings is 1. The highest BCUT2D eigenvalue weighted by molar-refractivity contribution is 9.10. The van der Waals surface area contributed by atoms with Crippen LogP contribution >= 0.6 is 15.9 Å². The average molecular weight is 449 g/mol. The number of nitrogens with one attached hydrogen (secondary N) is 1. The van der Waals surface area contributed by atoms with Gasteiger partial charge < -0.3 is 4.98 Å². The Morgan fingerprint density at radius 3 is 2.23 bits per heavy atom. The van der Waals surface area contributed by atoms with Crippen LogP contribution in [0.15, 0.2) is 102 Å². The maximum absolute atomic E-state index is 4.88. The number of hydrogen-bond donors (Lipinski definition) is 1. The SMILES string of the molecule is Brc1cc(-c2c[nH]c3ccccc23)c(-c2nccc3ccccc23)c2ccccc12. The summed E-state index contributed by atoms with van der Waals surface area (Å²) in [6.07, 6.45) is 4.02. The van der Waals surface area contributed by atoms with Crippen LogP contribution in [-0.4, -0.2) is 9.97 Å². The fourth-order valence-electron chi connectivity index (χ4n) is 4.41. The Morgan fingerprint density at radius 1 is 0.667 bits per heavy atom. The predicted molar refractivity (Wildman–Crippen MR) is 130 cm³/mol. The molecule has 0 aliphatic rings. The van der Waals surface area contributed by atoms with E-state index in [4.69, 9.17) is 4.98 Å². The molecule has 142 valence electrons. The number of halogens is 1. The Hall–Kier alpha value is -3.43. The van der Waals surface area contributed by atoms with Gasteiger partial charge in [0.05, 0.1) is 5.69 Å². The van der Waals surface area contributed by atoms with Crippen LogP contribution in [0.2, 0.25) is 0 Å². The minimum absolute atomic E-state index is 1.01. The van der Waals surface area contributed by atoms with E-state index in [1.54, 1.807) is 0 Å². The first-order valence-electron chi connectivity index (χ1n) is 9.93. The van der Waals surface area contributed by atoms with Crippen molar-refractivity contribution in [3.63, 3.8) is 0 Å². The van der Waals surface area contributed by atoms with Gasteiger partial charge in [0.2, 0.25) is 0 Å². The quantitative estimate of drug-likeness (QED) is 0.285. The molecule has 0 saturated carbocycles. The van der Waals surface area contributed by atoms with Crippen LogP contribution in [0, 0.1) is 0 Å². The van der Waals surface area contributed by atoms with Crippen molar-refractivity contribution in [2.24, 2.45) is 0 Å². The van der Waals surface area contributed by atoms with Gasteiger partial charge in [0.15, 0.2) is 0 Å². The lowest BCUT2D eigenvalue weighted by Crippen LogP contribution is -1.92. The number of benzene rings is 4. The number of rotatable bonds is 2. The van der Waals surface area contributed by atoms with E-state index in [-0.39, 0.29) is 0 Å². The second-order valence-electron chi connectivity index (χ2n) is 7.46. The molecule has 2 nitrogen and oxygen atoms in total. The summed E-state index contributed by atoms with van der Waals surface area (Å²) in [5.41, 5.74) is 5.66. The highest BCUT2D eigenvalue weighted by Crippen LogP contribution is 2.44. The van der Waals surface area contributed by atoms with E-state index >= 15 is 0 Å². The lowest BCUT2D eigenvalue weighted by Gasteiger charge is -2.16. The summed E-state index contributed by atoms with van der Waals surface area (Å²) < 4.78 is 1.09. The van der Waals surface area contributed by atoms with Gasteiger partial charge in [-0.3, -0.25) is 4.98 Å². The molecular formula is C27H17BrN2. The molecule has 0 bridgehead atoms. The van der Waals surface area contributed by atoms with E-state index in [0.717, 1.165) is 26.6 Å². The van der Waals surface area contributed by atoms with Gasteiger partial charge in [-0.25, -0.2) is 0 Å². The maximum atomic E-state index is 4.88. The molecule has 0 fully saturated rings. The molecule has 6 rings (SSSR count). The third kappa shape index (κ3) is 2.59. The summed E-state index contributed by atoms with van der Waals surface area (Å²) in [5, 5.41) is 5.94. The molecule has 30 heavy (non-hydrogen) atoms. The van der Waals surface area contributed by atoms with Gasteiger partial charge in [0.25, 0.3) is 0 Å². The number of fused-ring (bicyclic) bond motifs is 3. The van der Waals surface area contributed by atoms with Crippen molar-refractivity contribution in [1.82, 2.24) is 9.97 Å². The fraction of sp³-hybridized carbons (Fsp3) is 0. The molecule has 4 aromatic carbocycles. The van der Waals surface area contributed by atoms with E-state index < -0.39 is 0 Å². The molecule has 0 spiro atoms. The number of nitrogens with zero attached hydrogens (tertiary/aromatic N) is 1. The Morgan fingerprint density at radius 2 is 1.37 bits per heavy atom. The van der Waals surface area contributed by atoms with Crippen LogP contribution in [0.5, 0.6) is 0 Å². The summed E-state index contributed by atoms with van der Waals surface area (Å²) in [6, 6.07) is 29.7. The van der Waals surface area contributed by atoms with Crippen molar-refractivity contribution in [2.75, 3.05) is 0 Å². The number of aromatic amines is 1. The van der Waals surface area contributed by atoms with Crippen molar-refractivity contribution in [3.05, 3.63) is 102 Å². The van der Waals surface area contributed by atoms with Crippen LogP contribution in [0.4, 0.5) is 0 Å². The van der Waals surface area contributed by atoms with E-state index in [1.165, 1.54) is 32.7 Å². The van der Waals surface area contributed by atoms with Crippen molar-refractivity contribution < 1.29 is 0 Å². The Bertz CT molecular complexity index is 1560. The zero-order valence-electron chi connectivity index (χ0n) is 16.1. The Labute approximate surface area is 182 Å². The topological polar surface area (TPSA) is 28.7 Å². The maximum Gasteiger partial charge on any atom is 0.0792 e. The summed E-state index contributed by atoms with van der Waals surface area (Å²) in [6.45, 7) is 0. The summed E-state index contributed by atoms with van der Waals surface area (Å²) in [5.74, 6) is 0. The van der Waals surface area contributed by atoms with Crippen LogP contribution in [-0.2, 0) is 0 Å². The van der Waals surface area contributed by atoms with Crippen LogP contribution in [0.1, 0.15) is 0 Å². The molecule has 0 saturated heterocycles. The minimum Gasteiger partial charge on any atom is -0.361 e. The first-order valence-corrected chi connectivity index (χ1v) is 10.7. The Kier molecular flexibility index (Phi) is 3.96. The molecule has 0 unspecified atom stereocenters. The highest BCUT2D eigenvalue weighted by Gasteiger charge is 2.19. The molecule has 0 atom stereocenters. The molecule has 2 heterocycles. The van der Waals surface area contributed by atoms with Crippen molar-refractivity contribution >= 4 is 48.4 Å². The summed E-state index contributed by atoms with van der Waals surface area (Å²) >= 11 is 3.82. The summed E-state index contributed by atoms with van der Waals surface area (Å²) in [7, 11) is 0. The minimum atomic E-state index is 1.01. The van der Waals surface area contributed by atoms with Gasteiger partial charge in [0.1, 0.15) is 0 Å². The second-order valence-corrected chi connectivity index (χ2v) is 8.31. The zero-order valence-corrected chi connectivity index (χ0v) is 17.6. The van der Waals surface area contributed by atoms with Crippen LogP contribution in [0.25, 0.3) is 54.8 Å². The zero-order chi connectivity index (χ0) is 20.1. The average Bonchev–Trinajstić information content (AvgIpc) is 3.23. The largest absolute Gasteiger partial charge is 0.361 e. The van der Waals surface area contributed by atoms with E-state index in [0.29, 0.717) is 0 Å². The first kappa shape index (κ1) is 17.4. The summed E-state index contributed by atoms with van der Waals surface area (Å²) in [4.78, 5) is 8.32. The molecule has 0 amide bonds. The van der Waals surface area contributed by atoms with Crippen LogP contribution < -0.4 is 0 Å². The fourth-order valence-corrected chi connectivity index (χ4v) is 4.99. The molecule has 0 aliphatic carbocycles. The lowest BCUT2D eigenvalue weighted by molar-refractivity contribution is 1.36. The molecule has 0 radical (unpaired) electrons. The number of H-pyrrole nitrogens is 1. The third-order valence-corrected chi connectivity index (χ3v) is 6.44. The van der Waals surface area contributed by atoms with Gasteiger partial charge in [-0.05, 0) is 39.9 Å². The number of aromatic nitrogens is 2. The molecule has 6 aromatic rings. The van der Waals surface area contributed by atoms with Gasteiger partial charge in [0, 0.05) is 44.3 Å². The smallest absolute Gasteiger partial charge is 0.0792 e. The van der Waals surface area contributed by atoms with Crippen molar-refractivity contribution in [3.8, 4) is 22.4 Å². The predicted octanol–water partition coefficient (Wildman–Crippen LogP) is 7.97. The monoisotopic (exact) mass is 448 g/mol. The third-order valence-electron chi connectivity index (χ3n) is 5.78. The van der Waals surface area contributed by atoms with Gasteiger partial charge in [-0.1, -0.05) is 82.7 Å². The van der Waals surface area contributed by atoms with Gasteiger partial charge in [-0.15, -0.1) is 0 Å². The molecular weight excluding hydrogens is 432 g/mol. The number of hydrogen-bond acceptors (Lipinski definition) is 1. The standard InChI is InChI=1S/C27H17BrN2/c28-24-15-22(23-16-30-25-12-6-5-10-20(23)25)26(21-11-4-3-9-19(21)24)27-18-8-2-1-7-17(18)13-14-29-27/h1-16,30H. The lowest BCUT2D eigenvalue weighted by atomic mass is 9.90. The molecule has 1 N–H and O–H groups in total. The molecule has 3 heteroatoms. The second kappa shape index (κ2) is 6.82.